The monoisotopic (exact) mass is 449 g/mol. The third kappa shape index (κ3) is 4.75. The Morgan fingerprint density at radius 3 is 2.80 bits per heavy atom. The molecular formula is C23H28ClNO4S. The highest BCUT2D eigenvalue weighted by molar-refractivity contribution is 7.19. The Balaban J connectivity index is 1.41. The average Bonchev–Trinajstić information content (AvgIpc) is 3.26. The molecule has 1 aromatic heterocycles. The summed E-state index contributed by atoms with van der Waals surface area (Å²) < 4.78 is 6.73. The van der Waals surface area contributed by atoms with E-state index in [1.165, 1.54) is 19.3 Å². The van der Waals surface area contributed by atoms with E-state index in [9.17, 15) is 9.59 Å². The van der Waals surface area contributed by atoms with E-state index >= 15 is 0 Å². The summed E-state index contributed by atoms with van der Waals surface area (Å²) in [6.45, 7) is 1.25. The Hall–Kier alpha value is -1.79. The van der Waals surface area contributed by atoms with Gasteiger partial charge in [0.25, 0.3) is 0 Å². The Bertz CT molecular complexity index is 921. The smallest absolute Gasteiger partial charge is 0.303 e. The number of carboxylic acid groups (broad SMARTS) is 1. The first-order valence-electron chi connectivity index (χ1n) is 10.9. The maximum Gasteiger partial charge on any atom is 0.303 e. The van der Waals surface area contributed by atoms with Gasteiger partial charge in [-0.1, -0.05) is 30.9 Å². The van der Waals surface area contributed by atoms with Crippen molar-refractivity contribution < 1.29 is 19.4 Å². The molecule has 2 aliphatic rings. The van der Waals surface area contributed by atoms with Crippen LogP contribution < -0.4 is 4.74 Å². The number of fused-ring (bicyclic) bond motifs is 1. The molecule has 1 aromatic carbocycles. The van der Waals surface area contributed by atoms with Crippen molar-refractivity contribution in [3.05, 3.63) is 28.1 Å². The second kappa shape index (κ2) is 9.56. The molecule has 2 heterocycles. The number of ether oxygens (including phenoxy) is 1. The van der Waals surface area contributed by atoms with E-state index in [0.29, 0.717) is 31.4 Å². The Morgan fingerprint density at radius 2 is 2.03 bits per heavy atom. The highest BCUT2D eigenvalue weighted by atomic mass is 35.5. The van der Waals surface area contributed by atoms with E-state index in [4.69, 9.17) is 21.4 Å². The van der Waals surface area contributed by atoms with Crippen molar-refractivity contribution in [3.8, 4) is 5.75 Å². The molecule has 2 fully saturated rings. The molecule has 1 saturated carbocycles. The zero-order valence-corrected chi connectivity index (χ0v) is 18.6. The Morgan fingerprint density at radius 1 is 1.23 bits per heavy atom. The molecular weight excluding hydrogens is 422 g/mol. The molecule has 1 unspecified atom stereocenters. The van der Waals surface area contributed by atoms with Crippen molar-refractivity contribution in [1.29, 1.82) is 0 Å². The maximum absolute atomic E-state index is 13.0. The van der Waals surface area contributed by atoms with Crippen LogP contribution in [0.2, 0.25) is 5.02 Å². The number of hydrogen-bond donors (Lipinski definition) is 1. The van der Waals surface area contributed by atoms with Gasteiger partial charge in [-0.2, -0.15) is 0 Å². The van der Waals surface area contributed by atoms with Crippen LogP contribution in [-0.4, -0.2) is 41.1 Å². The summed E-state index contributed by atoms with van der Waals surface area (Å²) in [5.74, 6) is 0.243. The quantitative estimate of drug-likeness (QED) is 0.538. The number of benzene rings is 1. The molecule has 7 heteroatoms. The number of likely N-dealkylation sites (tertiary alicyclic amines) is 1. The normalized spacial score (nSPS) is 20.2. The van der Waals surface area contributed by atoms with Gasteiger partial charge in [-0.25, -0.2) is 0 Å². The van der Waals surface area contributed by atoms with Crippen molar-refractivity contribution in [3.63, 3.8) is 0 Å². The van der Waals surface area contributed by atoms with Gasteiger partial charge in [0, 0.05) is 39.9 Å². The summed E-state index contributed by atoms with van der Waals surface area (Å²) in [5.41, 5.74) is 0. The predicted octanol–water partition coefficient (Wildman–Crippen LogP) is 5.52. The van der Waals surface area contributed by atoms with E-state index in [1.807, 2.05) is 18.2 Å². The topological polar surface area (TPSA) is 66.8 Å². The second-order valence-corrected chi connectivity index (χ2v) is 9.87. The van der Waals surface area contributed by atoms with Crippen LogP contribution in [0.5, 0.6) is 5.75 Å². The van der Waals surface area contributed by atoms with Crippen LogP contribution in [0.1, 0.15) is 56.2 Å². The molecule has 0 spiro atoms. The van der Waals surface area contributed by atoms with E-state index in [1.54, 1.807) is 11.3 Å². The lowest BCUT2D eigenvalue weighted by Gasteiger charge is -2.31. The third-order valence-corrected chi connectivity index (χ3v) is 7.99. The van der Waals surface area contributed by atoms with Gasteiger partial charge in [-0.3, -0.25) is 9.59 Å². The molecule has 4 rings (SSSR count). The number of nitrogens with zero attached hydrogens (tertiary/aromatic N) is 1. The van der Waals surface area contributed by atoms with Gasteiger partial charge in [-0.05, 0) is 50.3 Å². The highest BCUT2D eigenvalue weighted by Crippen LogP contribution is 2.40. The van der Waals surface area contributed by atoms with Gasteiger partial charge < -0.3 is 14.7 Å². The van der Waals surface area contributed by atoms with E-state index < -0.39 is 5.97 Å². The van der Waals surface area contributed by atoms with Crippen molar-refractivity contribution >= 4 is 44.9 Å². The summed E-state index contributed by atoms with van der Waals surface area (Å²) in [7, 11) is 0. The average molecular weight is 450 g/mol. The number of carbonyl (C=O) groups excluding carboxylic acids is 1. The van der Waals surface area contributed by atoms with E-state index in [2.05, 4.69) is 4.90 Å². The fraction of sp³-hybridized carbons (Fsp3) is 0.565. The molecule has 1 saturated heterocycles. The zero-order chi connectivity index (χ0) is 21.1. The number of carboxylic acids is 1. The number of rotatable bonds is 8. The molecule has 162 valence electrons. The number of halogens is 1. The van der Waals surface area contributed by atoms with Crippen LogP contribution in [0.25, 0.3) is 10.1 Å². The molecule has 30 heavy (non-hydrogen) atoms. The zero-order valence-electron chi connectivity index (χ0n) is 17.1. The van der Waals surface area contributed by atoms with Crippen LogP contribution in [0.4, 0.5) is 0 Å². The molecule has 1 atom stereocenters. The Labute approximate surface area is 186 Å². The predicted molar refractivity (Wildman–Crippen MR) is 120 cm³/mol. The molecule has 5 nitrogen and oxygen atoms in total. The largest absolute Gasteiger partial charge is 0.494 e. The minimum atomic E-state index is -0.813. The Kier molecular flexibility index (Phi) is 6.84. The van der Waals surface area contributed by atoms with E-state index in [-0.39, 0.29) is 12.3 Å². The van der Waals surface area contributed by atoms with Gasteiger partial charge in [0.15, 0.2) is 0 Å². The lowest BCUT2D eigenvalue weighted by atomic mass is 9.94. The number of amides is 1. The summed E-state index contributed by atoms with van der Waals surface area (Å²) >= 11 is 8.29. The molecule has 1 aliphatic heterocycles. The first-order valence-corrected chi connectivity index (χ1v) is 12.1. The molecule has 0 radical (unpaired) electrons. The van der Waals surface area contributed by atoms with Crippen LogP contribution in [0.3, 0.4) is 0 Å². The second-order valence-electron chi connectivity index (χ2n) is 8.36. The molecule has 0 bridgehead atoms. The van der Waals surface area contributed by atoms with Gasteiger partial charge in [0.05, 0.1) is 11.6 Å². The molecule has 1 amide bonds. The van der Waals surface area contributed by atoms with Gasteiger partial charge >= 0.3 is 5.97 Å². The van der Waals surface area contributed by atoms with Gasteiger partial charge in [0.1, 0.15) is 5.75 Å². The SMILES string of the molecule is O=C(O)CCCOc1ccc2c(Cl)c(CC3CCN(C4CCCCC4)C3=O)sc2c1. The summed E-state index contributed by atoms with van der Waals surface area (Å²) in [5, 5.41) is 10.5. The van der Waals surface area contributed by atoms with E-state index in [0.717, 1.165) is 51.5 Å². The highest BCUT2D eigenvalue weighted by Gasteiger charge is 2.36. The molecule has 2 aromatic rings. The standard InChI is InChI=1S/C23H28ClNO4S/c24-22-18-9-8-17(29-12-4-7-21(26)27)14-19(18)30-20(22)13-15-10-11-25(23(15)28)16-5-2-1-3-6-16/h8-9,14-16H,1-7,10-13H2,(H,26,27). The van der Waals surface area contributed by atoms with Crippen molar-refractivity contribution in [2.75, 3.05) is 13.2 Å². The third-order valence-electron chi connectivity index (χ3n) is 6.27. The first-order chi connectivity index (χ1) is 14.5. The minimum Gasteiger partial charge on any atom is -0.494 e. The van der Waals surface area contributed by atoms with Gasteiger partial charge in [0.2, 0.25) is 5.91 Å². The number of hydrogen-bond acceptors (Lipinski definition) is 4. The van der Waals surface area contributed by atoms with Crippen molar-refractivity contribution in [1.82, 2.24) is 4.90 Å². The maximum atomic E-state index is 13.0. The van der Waals surface area contributed by atoms with Crippen LogP contribution in [0, 0.1) is 5.92 Å². The minimum absolute atomic E-state index is 0.0317. The lowest BCUT2D eigenvalue weighted by molar-refractivity contribution is -0.137. The molecule has 1 aliphatic carbocycles. The first kappa shape index (κ1) is 21.4. The summed E-state index contributed by atoms with van der Waals surface area (Å²) in [6, 6.07) is 6.22. The number of aliphatic carboxylic acids is 1. The summed E-state index contributed by atoms with van der Waals surface area (Å²) in [6.07, 6.45) is 8.27. The van der Waals surface area contributed by atoms with Crippen LogP contribution in [-0.2, 0) is 16.0 Å². The number of thiophene rings is 1. The lowest BCUT2D eigenvalue weighted by Crippen LogP contribution is -2.39. The van der Waals surface area contributed by atoms with Gasteiger partial charge in [-0.15, -0.1) is 11.3 Å². The number of carbonyl (C=O) groups is 2. The van der Waals surface area contributed by atoms with Crippen molar-refractivity contribution in [2.24, 2.45) is 5.92 Å². The van der Waals surface area contributed by atoms with Crippen LogP contribution in [0.15, 0.2) is 18.2 Å². The van der Waals surface area contributed by atoms with Crippen LogP contribution >= 0.6 is 22.9 Å². The summed E-state index contributed by atoms with van der Waals surface area (Å²) in [4.78, 5) is 26.8. The fourth-order valence-electron chi connectivity index (χ4n) is 4.66. The van der Waals surface area contributed by atoms with Crippen molar-refractivity contribution in [2.45, 2.75) is 63.8 Å². The fourth-order valence-corrected chi connectivity index (χ4v) is 6.28. The molecule has 1 N–H and O–H groups in total.